The lowest BCUT2D eigenvalue weighted by molar-refractivity contribution is -0.128. The fraction of sp³-hybridized carbons (Fsp3) is 0.389. The molecule has 2 aromatic rings. The summed E-state index contributed by atoms with van der Waals surface area (Å²) in [5.41, 5.74) is 1.60. The highest BCUT2D eigenvalue weighted by atomic mass is 35.5. The zero-order chi connectivity index (χ0) is 17.6. The number of halogens is 1. The molecule has 2 amide bonds. The van der Waals surface area contributed by atoms with Gasteiger partial charge in [-0.2, -0.15) is 5.10 Å². The molecule has 7 nitrogen and oxygen atoms in total. The van der Waals surface area contributed by atoms with E-state index in [1.54, 1.807) is 10.9 Å². The van der Waals surface area contributed by atoms with Crippen LogP contribution < -0.4 is 16.0 Å². The molecule has 3 rings (SSSR count). The quantitative estimate of drug-likeness (QED) is 0.740. The number of carbonyl (C=O) groups is 2. The van der Waals surface area contributed by atoms with E-state index < -0.39 is 0 Å². The van der Waals surface area contributed by atoms with Crippen LogP contribution in [0.15, 0.2) is 42.7 Å². The first-order chi connectivity index (χ1) is 12.1. The maximum absolute atomic E-state index is 12.1. The highest BCUT2D eigenvalue weighted by molar-refractivity contribution is 5.94. The molecule has 1 aliphatic rings. The van der Waals surface area contributed by atoms with Gasteiger partial charge in [-0.3, -0.25) is 9.59 Å². The number of benzene rings is 1. The molecule has 0 unspecified atom stereocenters. The summed E-state index contributed by atoms with van der Waals surface area (Å²) in [6.45, 7) is 2.89. The summed E-state index contributed by atoms with van der Waals surface area (Å²) in [5.74, 6) is -0.294. The summed E-state index contributed by atoms with van der Waals surface area (Å²) in [7, 11) is 0. The van der Waals surface area contributed by atoms with Crippen LogP contribution in [-0.4, -0.2) is 40.7 Å². The molecule has 140 valence electrons. The normalized spacial score (nSPS) is 19.3. The van der Waals surface area contributed by atoms with Gasteiger partial charge in [-0.05, 0) is 56.6 Å². The van der Waals surface area contributed by atoms with E-state index in [4.69, 9.17) is 0 Å². The van der Waals surface area contributed by atoms with Crippen molar-refractivity contribution in [3.63, 3.8) is 0 Å². The lowest BCUT2D eigenvalue weighted by Crippen LogP contribution is -2.44. The summed E-state index contributed by atoms with van der Waals surface area (Å²) in [6.07, 6.45) is 5.18. The molecular formula is C18H24ClN5O2. The lowest BCUT2D eigenvalue weighted by Gasteiger charge is -2.26. The van der Waals surface area contributed by atoms with E-state index in [1.165, 1.54) is 0 Å². The Hall–Kier alpha value is -2.38. The van der Waals surface area contributed by atoms with Crippen LogP contribution in [0.2, 0.25) is 0 Å². The van der Waals surface area contributed by atoms with Crippen LogP contribution in [0, 0.1) is 5.92 Å². The van der Waals surface area contributed by atoms with Crippen LogP contribution in [0.5, 0.6) is 0 Å². The van der Waals surface area contributed by atoms with Crippen LogP contribution in [0.3, 0.4) is 0 Å². The smallest absolute Gasteiger partial charge is 0.243 e. The van der Waals surface area contributed by atoms with Crippen molar-refractivity contribution in [3.8, 4) is 5.69 Å². The van der Waals surface area contributed by atoms with E-state index in [9.17, 15) is 9.59 Å². The van der Waals surface area contributed by atoms with Gasteiger partial charge < -0.3 is 16.0 Å². The molecule has 0 radical (unpaired) electrons. The fourth-order valence-electron chi connectivity index (χ4n) is 3.01. The van der Waals surface area contributed by atoms with Crippen molar-refractivity contribution >= 4 is 29.9 Å². The summed E-state index contributed by atoms with van der Waals surface area (Å²) in [6, 6.07) is 9.55. The van der Waals surface area contributed by atoms with Crippen molar-refractivity contribution in [1.29, 1.82) is 0 Å². The number of nitrogens with one attached hydrogen (secondary N) is 3. The Morgan fingerprint density at radius 3 is 2.73 bits per heavy atom. The van der Waals surface area contributed by atoms with Gasteiger partial charge in [0.25, 0.3) is 0 Å². The van der Waals surface area contributed by atoms with Crippen molar-refractivity contribution < 1.29 is 9.59 Å². The molecule has 0 bridgehead atoms. The molecule has 26 heavy (non-hydrogen) atoms. The average Bonchev–Trinajstić information content (AvgIpc) is 3.15. The van der Waals surface area contributed by atoms with Crippen molar-refractivity contribution in [2.75, 3.05) is 18.4 Å². The molecule has 1 fully saturated rings. The van der Waals surface area contributed by atoms with Gasteiger partial charge in [-0.25, -0.2) is 4.68 Å². The molecular weight excluding hydrogens is 354 g/mol. The van der Waals surface area contributed by atoms with Gasteiger partial charge in [0.05, 0.1) is 12.2 Å². The van der Waals surface area contributed by atoms with E-state index in [2.05, 4.69) is 28.0 Å². The number of piperidine rings is 1. The maximum atomic E-state index is 12.1. The molecule has 0 aliphatic carbocycles. The Morgan fingerprint density at radius 1 is 1.31 bits per heavy atom. The number of nitrogens with zero attached hydrogens (tertiary/aromatic N) is 2. The molecule has 8 heteroatoms. The molecule has 0 saturated carbocycles. The molecule has 2 heterocycles. The van der Waals surface area contributed by atoms with Crippen LogP contribution in [0.1, 0.15) is 19.8 Å². The molecule has 1 aromatic carbocycles. The number of hydrogen-bond donors (Lipinski definition) is 3. The van der Waals surface area contributed by atoms with Crippen molar-refractivity contribution in [1.82, 2.24) is 20.4 Å². The first kappa shape index (κ1) is 19.9. The van der Waals surface area contributed by atoms with Crippen molar-refractivity contribution in [3.05, 3.63) is 42.7 Å². The number of anilines is 1. The number of rotatable bonds is 5. The fourth-order valence-corrected chi connectivity index (χ4v) is 3.01. The highest BCUT2D eigenvalue weighted by Gasteiger charge is 2.24. The second kappa shape index (κ2) is 9.35. The average molecular weight is 378 g/mol. The van der Waals surface area contributed by atoms with Gasteiger partial charge in [-0.1, -0.05) is 0 Å². The molecule has 1 aromatic heterocycles. The van der Waals surface area contributed by atoms with Crippen LogP contribution in [0.25, 0.3) is 5.69 Å². The Kier molecular flexibility index (Phi) is 7.17. The SMILES string of the molecule is C[C@H]1C[C@@H](C(=O)NCC(=O)Nc2ccc(-n3cccn3)cc2)CCN1.Cl. The predicted molar refractivity (Wildman–Crippen MR) is 103 cm³/mol. The third-order valence-electron chi connectivity index (χ3n) is 4.34. The standard InChI is InChI=1S/C18H23N5O2.ClH/c1-13-11-14(7-9-19-13)18(25)20-12-17(24)22-15-3-5-16(6-4-15)23-10-2-8-21-23;/h2-6,8,10,13-14,19H,7,9,11-12H2,1H3,(H,20,25)(H,22,24);1H/t13-,14-;/m0./s1. The predicted octanol–water partition coefficient (Wildman–Crippen LogP) is 1.74. The topological polar surface area (TPSA) is 88.1 Å². The Balaban J connectivity index is 0.00000243. The summed E-state index contributed by atoms with van der Waals surface area (Å²) >= 11 is 0. The van der Waals surface area contributed by atoms with Gasteiger partial charge in [0, 0.05) is 30.0 Å². The number of aromatic nitrogens is 2. The third kappa shape index (κ3) is 5.31. The largest absolute Gasteiger partial charge is 0.347 e. The zero-order valence-electron chi connectivity index (χ0n) is 14.6. The number of carbonyl (C=O) groups excluding carboxylic acids is 2. The summed E-state index contributed by atoms with van der Waals surface area (Å²) < 4.78 is 1.74. The van der Waals surface area contributed by atoms with E-state index >= 15 is 0 Å². The highest BCUT2D eigenvalue weighted by Crippen LogP contribution is 2.16. The minimum Gasteiger partial charge on any atom is -0.347 e. The molecule has 2 atom stereocenters. The first-order valence-electron chi connectivity index (χ1n) is 8.53. The minimum atomic E-state index is -0.234. The van der Waals surface area contributed by atoms with Gasteiger partial charge in [0.2, 0.25) is 11.8 Å². The van der Waals surface area contributed by atoms with Crippen molar-refractivity contribution in [2.45, 2.75) is 25.8 Å². The van der Waals surface area contributed by atoms with Gasteiger partial charge in [0.1, 0.15) is 0 Å². The summed E-state index contributed by atoms with van der Waals surface area (Å²) in [4.78, 5) is 24.2. The second-order valence-electron chi connectivity index (χ2n) is 6.34. The van der Waals surface area contributed by atoms with Crippen LogP contribution in [0.4, 0.5) is 5.69 Å². The number of amides is 2. The molecule has 0 spiro atoms. The van der Waals surface area contributed by atoms with Gasteiger partial charge in [-0.15, -0.1) is 12.4 Å². The first-order valence-corrected chi connectivity index (χ1v) is 8.53. The lowest BCUT2D eigenvalue weighted by atomic mass is 9.92. The monoisotopic (exact) mass is 377 g/mol. The van der Waals surface area contributed by atoms with Crippen LogP contribution in [-0.2, 0) is 9.59 Å². The Bertz CT molecular complexity index is 718. The van der Waals surface area contributed by atoms with Crippen LogP contribution >= 0.6 is 12.4 Å². The second-order valence-corrected chi connectivity index (χ2v) is 6.34. The molecule has 1 aliphatic heterocycles. The minimum absolute atomic E-state index is 0. The van der Waals surface area contributed by atoms with E-state index in [0.29, 0.717) is 11.7 Å². The zero-order valence-corrected chi connectivity index (χ0v) is 15.5. The van der Waals surface area contributed by atoms with Crippen molar-refractivity contribution in [2.24, 2.45) is 5.92 Å². The Labute approximate surface area is 159 Å². The van der Waals surface area contributed by atoms with E-state index in [-0.39, 0.29) is 36.7 Å². The summed E-state index contributed by atoms with van der Waals surface area (Å²) in [5, 5.41) is 13.0. The van der Waals surface area contributed by atoms with Gasteiger partial charge in [0.15, 0.2) is 0 Å². The van der Waals surface area contributed by atoms with Gasteiger partial charge >= 0.3 is 0 Å². The maximum Gasteiger partial charge on any atom is 0.243 e. The third-order valence-corrected chi connectivity index (χ3v) is 4.34. The number of hydrogen-bond acceptors (Lipinski definition) is 4. The Morgan fingerprint density at radius 2 is 2.08 bits per heavy atom. The van der Waals surface area contributed by atoms with E-state index in [0.717, 1.165) is 25.1 Å². The molecule has 3 N–H and O–H groups in total. The van der Waals surface area contributed by atoms with E-state index in [1.807, 2.05) is 36.5 Å². The molecule has 1 saturated heterocycles.